The van der Waals surface area contributed by atoms with Gasteiger partial charge in [0, 0.05) is 46.4 Å². The van der Waals surface area contributed by atoms with E-state index in [0.29, 0.717) is 0 Å². The number of allylic oxidation sites excluding steroid dienone is 6. The summed E-state index contributed by atoms with van der Waals surface area (Å²) < 4.78 is 0. The molecule has 0 amide bonds. The van der Waals surface area contributed by atoms with Crippen LogP contribution in [-0.4, -0.2) is 23.5 Å². The summed E-state index contributed by atoms with van der Waals surface area (Å²) in [5.74, 6) is 0. The summed E-state index contributed by atoms with van der Waals surface area (Å²) in [6, 6.07) is 43.5. The van der Waals surface area contributed by atoms with Crippen molar-refractivity contribution in [3.63, 3.8) is 0 Å². The third kappa shape index (κ3) is 6.05. The summed E-state index contributed by atoms with van der Waals surface area (Å²) in [6.07, 6.45) is 8.25. The average Bonchev–Trinajstić information content (AvgIpc) is 3.93. The molecule has 1 aromatic heterocycles. The molecule has 5 aromatic rings. The molecule has 0 fully saturated rings. The molecular formula is C43H34N4. The molecule has 4 nitrogen and oxygen atoms in total. The van der Waals surface area contributed by atoms with Gasteiger partial charge >= 0.3 is 0 Å². The largest absolute Gasteiger partial charge is 0.388 e. The number of nitrogens with zero attached hydrogens (tertiary/aromatic N) is 2. The summed E-state index contributed by atoms with van der Waals surface area (Å²) in [7, 11) is 1.92. The fraction of sp³-hybridized carbons (Fsp3) is 0.0233. The Morgan fingerprint density at radius 1 is 0.489 bits per heavy atom. The average molecular weight is 607 g/mol. The normalized spacial score (nSPS) is 15.7. The van der Waals surface area contributed by atoms with Crippen LogP contribution in [0, 0.1) is 0 Å². The lowest BCUT2D eigenvalue weighted by molar-refractivity contribution is 1.27. The van der Waals surface area contributed by atoms with Crippen LogP contribution in [0.25, 0.3) is 22.3 Å². The van der Waals surface area contributed by atoms with Crippen LogP contribution in [0.2, 0.25) is 0 Å². The van der Waals surface area contributed by atoms with Crippen molar-refractivity contribution >= 4 is 39.4 Å². The van der Waals surface area contributed by atoms with E-state index in [1.165, 1.54) is 0 Å². The fourth-order valence-electron chi connectivity index (χ4n) is 5.89. The second-order valence-electron chi connectivity index (χ2n) is 11.3. The number of aliphatic imine (C=N–C) groups is 2. The lowest BCUT2D eigenvalue weighted by Crippen LogP contribution is -1.97. The number of anilines is 1. The molecule has 3 heterocycles. The minimum Gasteiger partial charge on any atom is -0.388 e. The minimum absolute atomic E-state index is 0.848. The highest BCUT2D eigenvalue weighted by Crippen LogP contribution is 2.36. The van der Waals surface area contributed by atoms with Crippen LogP contribution in [0.5, 0.6) is 0 Å². The van der Waals surface area contributed by atoms with Crippen molar-refractivity contribution in [1.82, 2.24) is 4.98 Å². The molecule has 4 heteroatoms. The van der Waals surface area contributed by atoms with Gasteiger partial charge in [0.1, 0.15) is 0 Å². The molecule has 0 spiro atoms. The first-order valence-electron chi connectivity index (χ1n) is 15.6. The molecule has 2 N–H and O–H groups in total. The van der Waals surface area contributed by atoms with E-state index in [0.717, 1.165) is 84.4 Å². The summed E-state index contributed by atoms with van der Waals surface area (Å²) in [5.41, 5.74) is 14.5. The third-order valence-corrected chi connectivity index (χ3v) is 8.40. The molecule has 0 saturated carbocycles. The number of benzene rings is 4. The Labute approximate surface area is 276 Å². The molecule has 0 bridgehead atoms. The van der Waals surface area contributed by atoms with Gasteiger partial charge in [-0.3, -0.25) is 0 Å². The highest BCUT2D eigenvalue weighted by Gasteiger charge is 2.21. The Morgan fingerprint density at radius 2 is 0.894 bits per heavy atom. The Hall–Kier alpha value is -6.26. The molecule has 0 radical (unpaired) electrons. The maximum Gasteiger partial charge on any atom is 0.0737 e. The number of hydrogen-bond acceptors (Lipinski definition) is 3. The molecule has 2 aliphatic rings. The Kier molecular flexibility index (Phi) is 8.14. The van der Waals surface area contributed by atoms with E-state index in [4.69, 9.17) is 9.98 Å². The van der Waals surface area contributed by atoms with Gasteiger partial charge in [0.25, 0.3) is 0 Å². The van der Waals surface area contributed by atoms with Gasteiger partial charge in [-0.15, -0.1) is 0 Å². The van der Waals surface area contributed by atoms with Crippen LogP contribution in [0.4, 0.5) is 5.69 Å². The van der Waals surface area contributed by atoms with E-state index in [2.05, 4.69) is 133 Å². The van der Waals surface area contributed by atoms with Gasteiger partial charge in [0.15, 0.2) is 0 Å². The smallest absolute Gasteiger partial charge is 0.0737 e. The van der Waals surface area contributed by atoms with Crippen LogP contribution in [-0.2, 0) is 0 Å². The molecule has 0 aliphatic carbocycles. The summed E-state index contributed by atoms with van der Waals surface area (Å²) in [6.45, 7) is 8.73. The zero-order valence-electron chi connectivity index (χ0n) is 26.2. The predicted molar refractivity (Wildman–Crippen MR) is 199 cm³/mol. The van der Waals surface area contributed by atoms with Gasteiger partial charge in [-0.25, -0.2) is 9.98 Å². The number of H-pyrrole nitrogens is 1. The highest BCUT2D eigenvalue weighted by atomic mass is 14.8. The van der Waals surface area contributed by atoms with Crippen LogP contribution < -0.4 is 5.32 Å². The molecule has 47 heavy (non-hydrogen) atoms. The molecular weight excluding hydrogens is 573 g/mol. The van der Waals surface area contributed by atoms with Crippen molar-refractivity contribution in [3.8, 4) is 0 Å². The number of nitrogens with one attached hydrogen (secondary N) is 2. The van der Waals surface area contributed by atoms with Gasteiger partial charge in [-0.2, -0.15) is 0 Å². The van der Waals surface area contributed by atoms with Gasteiger partial charge < -0.3 is 10.3 Å². The van der Waals surface area contributed by atoms with Crippen molar-refractivity contribution < 1.29 is 0 Å². The first-order valence-corrected chi connectivity index (χ1v) is 15.6. The van der Waals surface area contributed by atoms with E-state index in [1.807, 2.05) is 49.5 Å². The van der Waals surface area contributed by atoms with E-state index in [1.54, 1.807) is 0 Å². The topological polar surface area (TPSA) is 52.5 Å². The zero-order valence-corrected chi connectivity index (χ0v) is 26.2. The molecule has 0 saturated heterocycles. The molecule has 7 rings (SSSR count). The van der Waals surface area contributed by atoms with E-state index in [-0.39, 0.29) is 0 Å². The molecule has 2 aliphatic heterocycles. The van der Waals surface area contributed by atoms with Crippen molar-refractivity contribution in [2.24, 2.45) is 9.98 Å². The zero-order chi connectivity index (χ0) is 32.2. The van der Waals surface area contributed by atoms with Crippen molar-refractivity contribution in [1.29, 1.82) is 0 Å². The van der Waals surface area contributed by atoms with Gasteiger partial charge in [-0.1, -0.05) is 116 Å². The van der Waals surface area contributed by atoms with E-state index in [9.17, 15) is 0 Å². The summed E-state index contributed by atoms with van der Waals surface area (Å²) in [4.78, 5) is 13.9. The first-order chi connectivity index (χ1) is 23.1. The SMILES string of the molecule is C=C(C1=N/C(=C(/c2ccccc2)c2ccc(/C(=C3/C=CC(C(=C)c4ccc(NC)cc4)=N3)c3ccccc3)[nH]2)C=C1)c1ccccc1. The first kappa shape index (κ1) is 29.5. The number of aromatic amines is 1. The van der Waals surface area contributed by atoms with Crippen molar-refractivity contribution in [2.45, 2.75) is 0 Å². The predicted octanol–water partition coefficient (Wildman–Crippen LogP) is 10.0. The molecule has 4 aromatic carbocycles. The lowest BCUT2D eigenvalue weighted by atomic mass is 10.0. The summed E-state index contributed by atoms with van der Waals surface area (Å²) in [5, 5.41) is 3.17. The fourth-order valence-corrected chi connectivity index (χ4v) is 5.89. The molecule has 0 unspecified atom stereocenters. The van der Waals surface area contributed by atoms with Crippen molar-refractivity contribution in [3.05, 3.63) is 210 Å². The third-order valence-electron chi connectivity index (χ3n) is 8.40. The van der Waals surface area contributed by atoms with Crippen LogP contribution >= 0.6 is 0 Å². The second-order valence-corrected chi connectivity index (χ2v) is 11.3. The Morgan fingerprint density at radius 3 is 1.32 bits per heavy atom. The lowest BCUT2D eigenvalue weighted by Gasteiger charge is -2.11. The molecule has 0 atom stereocenters. The van der Waals surface area contributed by atoms with Crippen molar-refractivity contribution in [2.75, 3.05) is 12.4 Å². The maximum atomic E-state index is 5.10. The monoisotopic (exact) mass is 606 g/mol. The van der Waals surface area contributed by atoms with Crippen LogP contribution in [0.15, 0.2) is 186 Å². The molecule has 226 valence electrons. The van der Waals surface area contributed by atoms with E-state index < -0.39 is 0 Å². The van der Waals surface area contributed by atoms with Gasteiger partial charge in [-0.05, 0) is 70.8 Å². The standard InChI is InChI=1S/C43H34N4/c1-29(31-13-7-4-8-14-31)36-23-25-38(45-36)42(33-15-9-5-10-16-33)40-27-28-41(47-40)43(34-17-11-6-12-18-34)39-26-24-37(46-39)30(2)32-19-21-35(44-3)22-20-32/h4-28,44,47H,1-2H2,3H3/b42-38-,43-39-. The number of aromatic nitrogens is 1. The quantitative estimate of drug-likeness (QED) is 0.172. The summed E-state index contributed by atoms with van der Waals surface area (Å²) >= 11 is 0. The van der Waals surface area contributed by atoms with Crippen LogP contribution in [0.1, 0.15) is 33.6 Å². The maximum absolute atomic E-state index is 5.10. The van der Waals surface area contributed by atoms with E-state index >= 15 is 0 Å². The number of hydrogen-bond donors (Lipinski definition) is 2. The Balaban J connectivity index is 1.31. The second kappa shape index (κ2) is 13.0. The van der Waals surface area contributed by atoms with Gasteiger partial charge in [0.05, 0.1) is 22.8 Å². The highest BCUT2D eigenvalue weighted by molar-refractivity contribution is 6.31. The Bertz CT molecular complexity index is 2150. The minimum atomic E-state index is 0.848. The van der Waals surface area contributed by atoms with Crippen LogP contribution in [0.3, 0.4) is 0 Å². The number of rotatable bonds is 9. The van der Waals surface area contributed by atoms with Gasteiger partial charge in [0.2, 0.25) is 0 Å².